The van der Waals surface area contributed by atoms with Gasteiger partial charge in [-0.3, -0.25) is 9.36 Å². The Morgan fingerprint density at radius 1 is 1.17 bits per heavy atom. The highest BCUT2D eigenvalue weighted by molar-refractivity contribution is 7.90. The van der Waals surface area contributed by atoms with Crippen LogP contribution in [0, 0.1) is 5.92 Å². The van der Waals surface area contributed by atoms with Gasteiger partial charge in [-0.25, -0.2) is 8.42 Å². The van der Waals surface area contributed by atoms with Gasteiger partial charge in [0, 0.05) is 23.3 Å². The first-order valence-electron chi connectivity index (χ1n) is 8.80. The summed E-state index contributed by atoms with van der Waals surface area (Å²) in [6.45, 7) is 2.09. The van der Waals surface area contributed by atoms with Crippen molar-refractivity contribution >= 4 is 26.6 Å². The standard InChI is InChI=1S/C19H25NO3S/c1-3-7-16-12-15-13-17(24(2,22)23)10-11-18(15)20(16)19(21)14-8-5-4-6-9-14/h10-14H,3-9H2,1-2H3. The summed E-state index contributed by atoms with van der Waals surface area (Å²) >= 11 is 0. The van der Waals surface area contributed by atoms with Gasteiger partial charge in [0.05, 0.1) is 10.4 Å². The lowest BCUT2D eigenvalue weighted by Crippen LogP contribution is -2.25. The summed E-state index contributed by atoms with van der Waals surface area (Å²) in [6, 6.07) is 7.06. The molecule has 1 fully saturated rings. The predicted octanol–water partition coefficient (Wildman–Crippen LogP) is 4.22. The van der Waals surface area contributed by atoms with E-state index in [0.29, 0.717) is 4.90 Å². The SMILES string of the molecule is CCCc1cc2cc(S(C)(=O)=O)ccc2n1C(=O)C1CCCCC1. The molecule has 0 aliphatic heterocycles. The van der Waals surface area contributed by atoms with Crippen molar-refractivity contribution in [3.05, 3.63) is 30.0 Å². The summed E-state index contributed by atoms with van der Waals surface area (Å²) in [5.74, 6) is 0.278. The van der Waals surface area contributed by atoms with Crippen LogP contribution < -0.4 is 0 Å². The Labute approximate surface area is 143 Å². The minimum Gasteiger partial charge on any atom is -0.284 e. The maximum absolute atomic E-state index is 13.1. The van der Waals surface area contributed by atoms with Crippen molar-refractivity contribution in [1.82, 2.24) is 4.57 Å². The number of sulfone groups is 1. The second-order valence-electron chi connectivity index (χ2n) is 6.89. The Balaban J connectivity index is 2.10. The molecule has 0 atom stereocenters. The average Bonchev–Trinajstić information content (AvgIpc) is 2.91. The van der Waals surface area contributed by atoms with Gasteiger partial charge in [0.25, 0.3) is 0 Å². The molecule has 2 aromatic rings. The molecule has 24 heavy (non-hydrogen) atoms. The lowest BCUT2D eigenvalue weighted by atomic mass is 9.88. The third kappa shape index (κ3) is 3.27. The van der Waals surface area contributed by atoms with E-state index in [2.05, 4.69) is 6.92 Å². The van der Waals surface area contributed by atoms with Crippen molar-refractivity contribution in [2.75, 3.05) is 6.26 Å². The number of hydrogen-bond acceptors (Lipinski definition) is 3. The van der Waals surface area contributed by atoms with Crippen molar-refractivity contribution < 1.29 is 13.2 Å². The molecule has 1 heterocycles. The summed E-state index contributed by atoms with van der Waals surface area (Å²) in [5, 5.41) is 0.838. The minimum absolute atomic E-state index is 0.0968. The molecule has 4 nitrogen and oxygen atoms in total. The van der Waals surface area contributed by atoms with Gasteiger partial charge in [-0.2, -0.15) is 0 Å². The van der Waals surface area contributed by atoms with Gasteiger partial charge in [-0.15, -0.1) is 0 Å². The number of carbonyl (C=O) groups excluding carboxylic acids is 1. The van der Waals surface area contributed by atoms with E-state index in [9.17, 15) is 13.2 Å². The molecule has 1 aliphatic carbocycles. The first-order chi connectivity index (χ1) is 11.4. The Morgan fingerprint density at radius 2 is 1.88 bits per heavy atom. The van der Waals surface area contributed by atoms with Crippen molar-refractivity contribution in [1.29, 1.82) is 0 Å². The van der Waals surface area contributed by atoms with Gasteiger partial charge in [-0.1, -0.05) is 32.6 Å². The maximum atomic E-state index is 13.1. The fourth-order valence-corrected chi connectivity index (χ4v) is 4.37. The van der Waals surface area contributed by atoms with Gasteiger partial charge in [0.1, 0.15) is 0 Å². The number of nitrogens with zero attached hydrogens (tertiary/aromatic N) is 1. The van der Waals surface area contributed by atoms with Crippen molar-refractivity contribution in [2.45, 2.75) is 56.8 Å². The van der Waals surface area contributed by atoms with Gasteiger partial charge in [-0.05, 0) is 43.5 Å². The lowest BCUT2D eigenvalue weighted by molar-refractivity contribution is 0.0804. The molecule has 1 saturated carbocycles. The number of hydrogen-bond donors (Lipinski definition) is 0. The Morgan fingerprint density at radius 3 is 2.50 bits per heavy atom. The normalized spacial score (nSPS) is 16.6. The molecule has 0 N–H and O–H groups in total. The number of rotatable bonds is 4. The van der Waals surface area contributed by atoms with Crippen LogP contribution in [0.1, 0.15) is 55.9 Å². The van der Waals surface area contributed by atoms with E-state index in [-0.39, 0.29) is 11.8 Å². The molecule has 5 heteroatoms. The number of aryl methyl sites for hydroxylation is 1. The van der Waals surface area contributed by atoms with E-state index in [4.69, 9.17) is 0 Å². The van der Waals surface area contributed by atoms with Gasteiger partial charge < -0.3 is 0 Å². The molecular formula is C19H25NO3S. The van der Waals surface area contributed by atoms with E-state index < -0.39 is 9.84 Å². The molecule has 0 unspecified atom stereocenters. The number of fused-ring (bicyclic) bond motifs is 1. The second-order valence-corrected chi connectivity index (χ2v) is 8.90. The molecule has 1 aliphatic rings. The van der Waals surface area contributed by atoms with Crippen LogP contribution in [-0.4, -0.2) is 25.1 Å². The summed E-state index contributed by atoms with van der Waals surface area (Å²) < 4.78 is 25.5. The van der Waals surface area contributed by atoms with Crippen LogP contribution in [0.2, 0.25) is 0 Å². The topological polar surface area (TPSA) is 56.1 Å². The zero-order valence-electron chi connectivity index (χ0n) is 14.4. The fourth-order valence-electron chi connectivity index (χ4n) is 3.71. The Bertz CT molecular complexity index is 858. The summed E-state index contributed by atoms with van der Waals surface area (Å²) in [4.78, 5) is 13.4. The number of benzene rings is 1. The zero-order chi connectivity index (χ0) is 17.3. The van der Waals surface area contributed by atoms with Crippen LogP contribution in [0.15, 0.2) is 29.2 Å². The van der Waals surface area contributed by atoms with E-state index >= 15 is 0 Å². The molecule has 0 saturated heterocycles. The van der Waals surface area contributed by atoms with Crippen molar-refractivity contribution in [3.63, 3.8) is 0 Å². The highest BCUT2D eigenvalue weighted by Crippen LogP contribution is 2.30. The largest absolute Gasteiger partial charge is 0.284 e. The Kier molecular flexibility index (Phi) is 4.81. The second kappa shape index (κ2) is 6.71. The molecule has 0 radical (unpaired) electrons. The van der Waals surface area contributed by atoms with Crippen LogP contribution in [0.3, 0.4) is 0 Å². The summed E-state index contributed by atoms with van der Waals surface area (Å²) in [7, 11) is -3.25. The lowest BCUT2D eigenvalue weighted by Gasteiger charge is -2.22. The van der Waals surface area contributed by atoms with Crippen LogP contribution >= 0.6 is 0 Å². The first-order valence-corrected chi connectivity index (χ1v) is 10.7. The third-order valence-corrected chi connectivity index (χ3v) is 6.07. The molecule has 0 bridgehead atoms. The van der Waals surface area contributed by atoms with Gasteiger partial charge in [0.2, 0.25) is 5.91 Å². The average molecular weight is 347 g/mol. The summed E-state index contributed by atoms with van der Waals surface area (Å²) in [6.07, 6.45) is 8.38. The highest BCUT2D eigenvalue weighted by atomic mass is 32.2. The highest BCUT2D eigenvalue weighted by Gasteiger charge is 2.25. The maximum Gasteiger partial charge on any atom is 0.234 e. The summed E-state index contributed by atoms with van der Waals surface area (Å²) in [5.41, 5.74) is 1.83. The number of carbonyl (C=O) groups is 1. The first kappa shape index (κ1) is 17.2. The third-order valence-electron chi connectivity index (χ3n) is 4.96. The molecule has 1 aromatic heterocycles. The van der Waals surface area contributed by atoms with Crippen molar-refractivity contribution in [3.8, 4) is 0 Å². The molecule has 0 amide bonds. The van der Waals surface area contributed by atoms with E-state index in [1.165, 1.54) is 12.7 Å². The quantitative estimate of drug-likeness (QED) is 0.832. The predicted molar refractivity (Wildman–Crippen MR) is 96.2 cm³/mol. The van der Waals surface area contributed by atoms with E-state index in [0.717, 1.165) is 55.1 Å². The van der Waals surface area contributed by atoms with Gasteiger partial charge >= 0.3 is 0 Å². The molecule has 3 rings (SSSR count). The van der Waals surface area contributed by atoms with Gasteiger partial charge in [0.15, 0.2) is 9.84 Å². The monoisotopic (exact) mass is 347 g/mol. The Hall–Kier alpha value is -1.62. The van der Waals surface area contributed by atoms with Crippen LogP contribution in [-0.2, 0) is 16.3 Å². The zero-order valence-corrected chi connectivity index (χ0v) is 15.2. The fraction of sp³-hybridized carbons (Fsp3) is 0.526. The van der Waals surface area contributed by atoms with Crippen LogP contribution in [0.5, 0.6) is 0 Å². The van der Waals surface area contributed by atoms with Crippen molar-refractivity contribution in [2.24, 2.45) is 5.92 Å². The van der Waals surface area contributed by atoms with Crippen LogP contribution in [0.25, 0.3) is 10.9 Å². The minimum atomic E-state index is -3.25. The molecule has 1 aromatic carbocycles. The van der Waals surface area contributed by atoms with E-state index in [1.807, 2.05) is 10.6 Å². The number of aromatic nitrogens is 1. The molecule has 130 valence electrons. The molecular weight excluding hydrogens is 322 g/mol. The van der Waals surface area contributed by atoms with Crippen LogP contribution in [0.4, 0.5) is 0 Å². The van der Waals surface area contributed by atoms with E-state index in [1.54, 1.807) is 18.2 Å². The molecule has 0 spiro atoms. The smallest absolute Gasteiger partial charge is 0.234 e.